The molecule has 0 saturated carbocycles. The van der Waals surface area contributed by atoms with Crippen LogP contribution in [0.2, 0.25) is 15.1 Å². The molecule has 3 aromatic rings. The first kappa shape index (κ1) is 30.8. The van der Waals surface area contributed by atoms with E-state index in [0.29, 0.717) is 20.6 Å². The van der Waals surface area contributed by atoms with Crippen LogP contribution in [0, 0.1) is 0 Å². The summed E-state index contributed by atoms with van der Waals surface area (Å²) in [5.74, 6) is -0.953. The average molecular weight is 611 g/mol. The number of hydrogen-bond acceptors (Lipinski definition) is 4. The van der Waals surface area contributed by atoms with Gasteiger partial charge in [-0.25, -0.2) is 8.42 Å². The first-order chi connectivity index (χ1) is 18.3. The number of halogens is 3. The number of sulfonamides is 1. The lowest BCUT2D eigenvalue weighted by atomic mass is 10.0. The Balaban J connectivity index is 2.07. The third-order valence-corrected chi connectivity index (χ3v) is 7.83. The molecule has 39 heavy (non-hydrogen) atoms. The summed E-state index contributed by atoms with van der Waals surface area (Å²) in [4.78, 5) is 28.9. The van der Waals surface area contributed by atoms with Crippen molar-refractivity contribution >= 4 is 62.3 Å². The fourth-order valence-corrected chi connectivity index (χ4v) is 5.43. The maximum absolute atomic E-state index is 14.0. The number of amides is 2. The molecular weight excluding hydrogens is 581 g/mol. The van der Waals surface area contributed by atoms with E-state index in [4.69, 9.17) is 34.8 Å². The minimum absolute atomic E-state index is 0.0456. The maximum atomic E-state index is 14.0. The quantitative estimate of drug-likeness (QED) is 0.307. The monoisotopic (exact) mass is 609 g/mol. The van der Waals surface area contributed by atoms with Crippen LogP contribution in [0.3, 0.4) is 0 Å². The van der Waals surface area contributed by atoms with Crippen LogP contribution in [-0.2, 0) is 32.6 Å². The molecule has 1 atom stereocenters. The highest BCUT2D eigenvalue weighted by atomic mass is 35.5. The summed E-state index contributed by atoms with van der Waals surface area (Å²) >= 11 is 18.5. The van der Waals surface area contributed by atoms with Gasteiger partial charge in [0, 0.05) is 34.1 Å². The Bertz CT molecular complexity index is 1400. The number of rotatable bonds is 11. The van der Waals surface area contributed by atoms with Crippen LogP contribution in [0.1, 0.15) is 25.0 Å². The van der Waals surface area contributed by atoms with Gasteiger partial charge in [0.15, 0.2) is 0 Å². The molecule has 3 rings (SSSR count). The molecule has 3 aromatic carbocycles. The Hall–Kier alpha value is -2.78. The molecule has 11 heteroatoms. The lowest BCUT2D eigenvalue weighted by Gasteiger charge is -2.34. The molecule has 0 bridgehead atoms. The Morgan fingerprint density at radius 3 is 2.08 bits per heavy atom. The normalized spacial score (nSPS) is 12.2. The molecule has 0 radical (unpaired) electrons. The number of carbonyl (C=O) groups is 2. The van der Waals surface area contributed by atoms with Crippen molar-refractivity contribution < 1.29 is 18.0 Å². The molecular formula is C28H30Cl3N3O4S. The molecule has 0 unspecified atom stereocenters. The predicted molar refractivity (Wildman–Crippen MR) is 158 cm³/mol. The van der Waals surface area contributed by atoms with Crippen molar-refractivity contribution in [3.63, 3.8) is 0 Å². The molecule has 0 aliphatic carbocycles. The predicted octanol–water partition coefficient (Wildman–Crippen LogP) is 5.58. The Morgan fingerprint density at radius 2 is 1.51 bits per heavy atom. The second-order valence-corrected chi connectivity index (χ2v) is 12.6. The number of nitrogens with zero attached hydrogens (tertiary/aromatic N) is 2. The number of nitrogens with one attached hydrogen (secondary N) is 1. The zero-order chi connectivity index (χ0) is 28.7. The van der Waals surface area contributed by atoms with Crippen LogP contribution in [-0.4, -0.2) is 50.0 Å². The molecule has 0 aromatic heterocycles. The lowest BCUT2D eigenvalue weighted by Crippen LogP contribution is -2.54. The van der Waals surface area contributed by atoms with Crippen molar-refractivity contribution in [2.45, 2.75) is 38.9 Å². The van der Waals surface area contributed by atoms with Crippen LogP contribution in [0.25, 0.3) is 0 Å². The fourth-order valence-electron chi connectivity index (χ4n) is 3.99. The third kappa shape index (κ3) is 8.86. The molecule has 2 amide bonds. The van der Waals surface area contributed by atoms with Gasteiger partial charge in [-0.3, -0.25) is 13.9 Å². The van der Waals surface area contributed by atoms with E-state index in [1.54, 1.807) is 30.3 Å². The topological polar surface area (TPSA) is 86.8 Å². The summed E-state index contributed by atoms with van der Waals surface area (Å²) in [5, 5.41) is 4.06. The van der Waals surface area contributed by atoms with Crippen molar-refractivity contribution in [3.8, 4) is 0 Å². The van der Waals surface area contributed by atoms with Gasteiger partial charge in [-0.2, -0.15) is 0 Å². The van der Waals surface area contributed by atoms with E-state index >= 15 is 0 Å². The molecule has 0 spiro atoms. The van der Waals surface area contributed by atoms with Crippen molar-refractivity contribution in [1.82, 2.24) is 10.2 Å². The zero-order valence-electron chi connectivity index (χ0n) is 21.8. The van der Waals surface area contributed by atoms with E-state index in [9.17, 15) is 18.0 Å². The highest BCUT2D eigenvalue weighted by Gasteiger charge is 2.33. The minimum atomic E-state index is -3.87. The lowest BCUT2D eigenvalue weighted by molar-refractivity contribution is -0.140. The van der Waals surface area contributed by atoms with E-state index in [1.807, 2.05) is 44.2 Å². The summed E-state index contributed by atoms with van der Waals surface area (Å²) in [5.41, 5.74) is 1.66. The summed E-state index contributed by atoms with van der Waals surface area (Å²) in [6.45, 7) is 3.07. The van der Waals surface area contributed by atoms with Gasteiger partial charge in [0.1, 0.15) is 12.6 Å². The maximum Gasteiger partial charge on any atom is 0.244 e. The smallest absolute Gasteiger partial charge is 0.244 e. The fraction of sp³-hybridized carbons (Fsp3) is 0.286. The van der Waals surface area contributed by atoms with E-state index in [-0.39, 0.29) is 30.6 Å². The summed E-state index contributed by atoms with van der Waals surface area (Å²) in [7, 11) is -3.87. The zero-order valence-corrected chi connectivity index (χ0v) is 24.9. The number of hydrogen-bond donors (Lipinski definition) is 1. The molecule has 1 N–H and O–H groups in total. The van der Waals surface area contributed by atoms with Crippen molar-refractivity contribution in [1.29, 1.82) is 0 Å². The van der Waals surface area contributed by atoms with Gasteiger partial charge < -0.3 is 10.2 Å². The molecule has 0 aliphatic heterocycles. The van der Waals surface area contributed by atoms with Gasteiger partial charge in [0.05, 0.1) is 11.9 Å². The van der Waals surface area contributed by atoms with E-state index < -0.39 is 28.5 Å². The van der Waals surface area contributed by atoms with Gasteiger partial charge in [-0.15, -0.1) is 0 Å². The summed E-state index contributed by atoms with van der Waals surface area (Å²) in [6.07, 6.45) is 1.22. The van der Waals surface area contributed by atoms with Crippen molar-refractivity contribution in [2.24, 2.45) is 0 Å². The van der Waals surface area contributed by atoms with Crippen LogP contribution >= 0.6 is 34.8 Å². The third-order valence-electron chi connectivity index (χ3n) is 5.85. The van der Waals surface area contributed by atoms with Crippen LogP contribution < -0.4 is 9.62 Å². The Morgan fingerprint density at radius 1 is 0.897 bits per heavy atom. The van der Waals surface area contributed by atoms with Gasteiger partial charge in [0.2, 0.25) is 21.8 Å². The highest BCUT2D eigenvalue weighted by molar-refractivity contribution is 7.92. The van der Waals surface area contributed by atoms with Crippen molar-refractivity contribution in [2.75, 3.05) is 17.1 Å². The Labute approximate surface area is 244 Å². The van der Waals surface area contributed by atoms with E-state index in [0.717, 1.165) is 16.1 Å². The van der Waals surface area contributed by atoms with E-state index in [2.05, 4.69) is 5.32 Å². The summed E-state index contributed by atoms with van der Waals surface area (Å²) < 4.78 is 26.5. The van der Waals surface area contributed by atoms with Crippen LogP contribution in [0.4, 0.5) is 5.69 Å². The largest absolute Gasteiger partial charge is 0.352 e. The first-order valence-corrected chi connectivity index (χ1v) is 15.1. The standard InChI is InChI=1S/C28H30Cl3N3O4S/c1-19(2)32-28(36)26(15-20-7-5-4-6-8-20)33(17-21-9-10-23(30)16-25(21)31)27(35)18-34(39(3,37)38)24-13-11-22(29)12-14-24/h4-14,16,19,26H,15,17-18H2,1-3H3,(H,32,36)/t26-/m0/s1. The SMILES string of the molecule is CC(C)NC(=O)[C@H](Cc1ccccc1)N(Cc1ccc(Cl)cc1Cl)C(=O)CN(c1ccc(Cl)cc1)S(C)(=O)=O. The van der Waals surface area contributed by atoms with Gasteiger partial charge in [0.25, 0.3) is 0 Å². The van der Waals surface area contributed by atoms with Crippen molar-refractivity contribution in [3.05, 3.63) is 99.0 Å². The second kappa shape index (κ2) is 13.5. The first-order valence-electron chi connectivity index (χ1n) is 12.2. The number of benzene rings is 3. The number of carbonyl (C=O) groups excluding carboxylic acids is 2. The molecule has 0 fully saturated rings. The molecule has 7 nitrogen and oxygen atoms in total. The highest BCUT2D eigenvalue weighted by Crippen LogP contribution is 2.26. The van der Waals surface area contributed by atoms with Gasteiger partial charge in [-0.1, -0.05) is 71.2 Å². The van der Waals surface area contributed by atoms with Crippen LogP contribution in [0.5, 0.6) is 0 Å². The second-order valence-electron chi connectivity index (χ2n) is 9.37. The molecule has 0 heterocycles. The molecule has 0 aliphatic rings. The number of anilines is 1. The summed E-state index contributed by atoms with van der Waals surface area (Å²) in [6, 6.07) is 19.1. The molecule has 208 valence electrons. The van der Waals surface area contributed by atoms with E-state index in [1.165, 1.54) is 17.0 Å². The molecule has 0 saturated heterocycles. The van der Waals surface area contributed by atoms with Crippen LogP contribution in [0.15, 0.2) is 72.8 Å². The Kier molecular flexibility index (Phi) is 10.7. The average Bonchev–Trinajstić information content (AvgIpc) is 2.86. The van der Waals surface area contributed by atoms with Gasteiger partial charge >= 0.3 is 0 Å². The van der Waals surface area contributed by atoms with Gasteiger partial charge in [-0.05, 0) is 61.4 Å². The minimum Gasteiger partial charge on any atom is -0.352 e.